The lowest BCUT2D eigenvalue weighted by atomic mass is 9.91. The molecule has 0 unspecified atom stereocenters. The second-order valence-electron chi connectivity index (χ2n) is 16.6. The van der Waals surface area contributed by atoms with Gasteiger partial charge in [0.15, 0.2) is 0 Å². The fraction of sp³-hybridized carbons (Fsp3) is 0.404. The number of carboxylic acid groups (broad SMARTS) is 1. The zero-order valence-electron chi connectivity index (χ0n) is 34.5. The molecule has 1 amide bonds. The molecule has 0 radical (unpaired) electrons. The van der Waals surface area contributed by atoms with Crippen molar-refractivity contribution in [2.75, 3.05) is 44.9 Å². The largest absolute Gasteiger partial charge is 0.494 e. The van der Waals surface area contributed by atoms with Gasteiger partial charge in [-0.25, -0.2) is 4.79 Å². The van der Waals surface area contributed by atoms with Gasteiger partial charge in [-0.2, -0.15) is 0 Å². The number of anilines is 1. The zero-order valence-corrected chi connectivity index (χ0v) is 36.0. The normalized spacial score (nSPS) is 17.8. The number of carbonyl (C=O) groups excluding carboxylic acids is 1. The first-order chi connectivity index (χ1) is 27.7. The minimum Gasteiger partial charge on any atom is -0.494 e. The number of fused-ring (bicyclic) bond motifs is 4. The number of hydrogen-bond donors (Lipinski definition) is 1. The van der Waals surface area contributed by atoms with Gasteiger partial charge in [-0.05, 0) is 137 Å². The van der Waals surface area contributed by atoms with Crippen molar-refractivity contribution in [3.05, 3.63) is 109 Å². The van der Waals surface area contributed by atoms with Crippen LogP contribution in [0.4, 0.5) is 5.69 Å². The van der Waals surface area contributed by atoms with Crippen LogP contribution in [-0.2, 0) is 17.7 Å². The van der Waals surface area contributed by atoms with Crippen molar-refractivity contribution in [1.82, 2.24) is 14.0 Å². The lowest BCUT2D eigenvalue weighted by Crippen LogP contribution is -2.43. The SMILES string of the molecule is CC1=CCN(C)C(C)=C1c1c(Cl)ccc2c(CCCOc3cc(C)c(Cl)c(C)c3)c3n(c12)[C@H](C)CN(c1cc(C)cc2cc(C(=O)O)n(CC4CCOCC4)c12)C3=O. The highest BCUT2D eigenvalue weighted by molar-refractivity contribution is 6.34. The Labute approximate surface area is 350 Å². The van der Waals surface area contributed by atoms with E-state index in [4.69, 9.17) is 32.7 Å². The lowest BCUT2D eigenvalue weighted by molar-refractivity contribution is 0.0597. The van der Waals surface area contributed by atoms with E-state index in [1.54, 1.807) is 6.07 Å². The van der Waals surface area contributed by atoms with Crippen LogP contribution in [0.1, 0.15) is 94.9 Å². The monoisotopic (exact) mass is 822 g/mol. The standard InChI is InChI=1S/C47H52Cl2N4O5/c1-26-19-33-23-39(47(55)56)51(25-32-13-17-57-18-14-32)43(33)38(20-26)52-24-30(5)53-44-36(10-11-37(48)41(44)40-27(2)12-15-50(7)31(40)6)35(45(53)46(52)54)9-8-16-58-34-21-28(3)42(49)29(4)22-34/h10-12,19-23,30,32H,8-9,13-18,24-25H2,1-7H3,(H,55,56)/t30-/m1/s1. The van der Waals surface area contributed by atoms with Crippen molar-refractivity contribution in [1.29, 1.82) is 0 Å². The third-order valence-corrected chi connectivity index (χ3v) is 13.4. The van der Waals surface area contributed by atoms with E-state index in [-0.39, 0.29) is 23.6 Å². The maximum Gasteiger partial charge on any atom is 0.352 e. The fourth-order valence-electron chi connectivity index (χ4n) is 9.47. The van der Waals surface area contributed by atoms with Crippen LogP contribution in [0.5, 0.6) is 5.75 Å². The van der Waals surface area contributed by atoms with E-state index in [1.165, 1.54) is 0 Å². The van der Waals surface area contributed by atoms with E-state index in [2.05, 4.69) is 49.4 Å². The van der Waals surface area contributed by atoms with Crippen LogP contribution in [0.25, 0.3) is 27.4 Å². The van der Waals surface area contributed by atoms with Gasteiger partial charge in [-0.1, -0.05) is 35.3 Å². The molecule has 58 heavy (non-hydrogen) atoms. The van der Waals surface area contributed by atoms with E-state index in [1.807, 2.05) is 60.6 Å². The molecule has 3 aliphatic heterocycles. The number of ether oxygens (including phenoxy) is 2. The van der Waals surface area contributed by atoms with E-state index < -0.39 is 5.97 Å². The molecule has 1 saturated heterocycles. The van der Waals surface area contributed by atoms with E-state index in [9.17, 15) is 9.90 Å². The molecule has 304 valence electrons. The van der Waals surface area contributed by atoms with Crippen molar-refractivity contribution in [3.63, 3.8) is 0 Å². The van der Waals surface area contributed by atoms with Crippen LogP contribution in [-0.4, -0.2) is 71.0 Å². The molecule has 0 aliphatic carbocycles. The predicted octanol–water partition coefficient (Wildman–Crippen LogP) is 10.8. The molecule has 1 atom stereocenters. The smallest absolute Gasteiger partial charge is 0.352 e. The lowest BCUT2D eigenvalue weighted by Gasteiger charge is -2.35. The van der Waals surface area contributed by atoms with Crippen molar-refractivity contribution in [3.8, 4) is 5.75 Å². The molecule has 5 heterocycles. The van der Waals surface area contributed by atoms with Gasteiger partial charge in [0.25, 0.3) is 5.91 Å². The molecule has 5 aromatic rings. The maximum atomic E-state index is 15.5. The third-order valence-electron chi connectivity index (χ3n) is 12.5. The van der Waals surface area contributed by atoms with E-state index >= 15 is 4.79 Å². The number of aryl methyl sites for hydroxylation is 4. The summed E-state index contributed by atoms with van der Waals surface area (Å²) in [4.78, 5) is 32.4. The Morgan fingerprint density at radius 3 is 2.41 bits per heavy atom. The molecule has 0 saturated carbocycles. The number of carbonyl (C=O) groups is 2. The molecule has 9 nitrogen and oxygen atoms in total. The van der Waals surface area contributed by atoms with Crippen LogP contribution >= 0.6 is 23.2 Å². The number of rotatable bonds is 10. The molecular weight excluding hydrogens is 771 g/mol. The zero-order chi connectivity index (χ0) is 41.2. The van der Waals surface area contributed by atoms with Crippen molar-refractivity contribution in [2.45, 2.75) is 79.8 Å². The molecule has 8 rings (SSSR count). The molecule has 3 aliphatic rings. The van der Waals surface area contributed by atoms with Crippen molar-refractivity contribution < 1.29 is 24.2 Å². The van der Waals surface area contributed by atoms with Crippen LogP contribution in [0, 0.1) is 26.7 Å². The minimum absolute atomic E-state index is 0.113. The molecule has 1 N–H and O–H groups in total. The highest BCUT2D eigenvalue weighted by Crippen LogP contribution is 2.46. The average Bonchev–Trinajstić information content (AvgIpc) is 3.72. The Kier molecular flexibility index (Phi) is 10.9. The Balaban J connectivity index is 1.28. The Morgan fingerprint density at radius 1 is 0.983 bits per heavy atom. The highest BCUT2D eigenvalue weighted by atomic mass is 35.5. The number of hydrogen-bond acceptors (Lipinski definition) is 5. The minimum atomic E-state index is -0.981. The van der Waals surface area contributed by atoms with Crippen LogP contribution in [0.2, 0.25) is 10.0 Å². The van der Waals surface area contributed by atoms with Gasteiger partial charge in [-0.3, -0.25) is 4.79 Å². The molecule has 0 spiro atoms. The Bertz CT molecular complexity index is 2530. The van der Waals surface area contributed by atoms with Gasteiger partial charge < -0.3 is 33.5 Å². The molecular formula is C47H52Cl2N4O5. The first-order valence-electron chi connectivity index (χ1n) is 20.4. The predicted molar refractivity (Wildman–Crippen MR) is 234 cm³/mol. The summed E-state index contributed by atoms with van der Waals surface area (Å²) in [5, 5.41) is 13.7. The summed E-state index contributed by atoms with van der Waals surface area (Å²) in [6, 6.07) is 13.7. The second-order valence-corrected chi connectivity index (χ2v) is 17.3. The third kappa shape index (κ3) is 6.99. The van der Waals surface area contributed by atoms with Gasteiger partial charge >= 0.3 is 5.97 Å². The Hall–Kier alpha value is -4.70. The maximum absolute atomic E-state index is 15.5. The van der Waals surface area contributed by atoms with Crippen LogP contribution in [0.3, 0.4) is 0 Å². The average molecular weight is 824 g/mol. The number of carboxylic acids is 1. The number of aromatic nitrogens is 2. The number of allylic oxidation sites excluding steroid dienone is 3. The number of amides is 1. The van der Waals surface area contributed by atoms with Gasteiger partial charge in [0, 0.05) is 78.6 Å². The first kappa shape index (κ1) is 40.1. The number of halogens is 2. The summed E-state index contributed by atoms with van der Waals surface area (Å²) in [7, 11) is 2.09. The van der Waals surface area contributed by atoms with Gasteiger partial charge in [0.1, 0.15) is 17.1 Å². The van der Waals surface area contributed by atoms with Crippen LogP contribution < -0.4 is 9.64 Å². The summed E-state index contributed by atoms with van der Waals surface area (Å²) in [6.07, 6.45) is 5.21. The quantitative estimate of drug-likeness (QED) is 0.141. The van der Waals surface area contributed by atoms with Crippen molar-refractivity contribution in [2.24, 2.45) is 5.92 Å². The second kappa shape index (κ2) is 15.8. The van der Waals surface area contributed by atoms with Gasteiger partial charge in [-0.15, -0.1) is 0 Å². The molecule has 11 heteroatoms. The number of benzene rings is 3. The highest BCUT2D eigenvalue weighted by Gasteiger charge is 2.38. The van der Waals surface area contributed by atoms with Crippen LogP contribution in [0.15, 0.2) is 59.8 Å². The number of nitrogens with zero attached hydrogens (tertiary/aromatic N) is 4. The Morgan fingerprint density at radius 2 is 1.71 bits per heavy atom. The number of aromatic carboxylic acids is 1. The summed E-state index contributed by atoms with van der Waals surface area (Å²) in [5.74, 6) is -0.0583. The topological polar surface area (TPSA) is 89.2 Å². The first-order valence-corrected chi connectivity index (χ1v) is 21.1. The number of likely N-dealkylation sites (N-methyl/N-ethyl adjacent to an activating group) is 1. The summed E-state index contributed by atoms with van der Waals surface area (Å²) >= 11 is 13.7. The van der Waals surface area contributed by atoms with E-state index in [0.717, 1.165) is 102 Å². The molecule has 2 aromatic heterocycles. The summed E-state index contributed by atoms with van der Waals surface area (Å²) in [6.45, 7) is 15.9. The van der Waals surface area contributed by atoms with E-state index in [0.29, 0.717) is 56.5 Å². The summed E-state index contributed by atoms with van der Waals surface area (Å²) in [5.41, 5.74) is 11.5. The summed E-state index contributed by atoms with van der Waals surface area (Å²) < 4.78 is 16.1. The van der Waals surface area contributed by atoms with Gasteiger partial charge in [0.2, 0.25) is 0 Å². The molecule has 1 fully saturated rings. The fourth-order valence-corrected chi connectivity index (χ4v) is 9.82. The molecule has 3 aromatic carbocycles. The molecule has 0 bridgehead atoms. The van der Waals surface area contributed by atoms with Crippen molar-refractivity contribution >= 4 is 68.1 Å². The van der Waals surface area contributed by atoms with Gasteiger partial charge in [0.05, 0.1) is 28.4 Å².